The van der Waals surface area contributed by atoms with Crippen LogP contribution in [0.5, 0.6) is 5.75 Å². The van der Waals surface area contributed by atoms with Gasteiger partial charge in [0.25, 0.3) is 0 Å². The largest absolute Gasteiger partial charge is 0.496 e. The first kappa shape index (κ1) is 19.6. The van der Waals surface area contributed by atoms with Crippen molar-refractivity contribution in [3.05, 3.63) is 48.3 Å². The molecule has 3 N–H and O–H groups in total. The summed E-state index contributed by atoms with van der Waals surface area (Å²) in [6.07, 6.45) is 3.73. The SMILES string of the molecule is CCn1cc(-c2cc(NCC(c3ccccc3OC)N(C)C)nc(N)n2)cn1. The van der Waals surface area contributed by atoms with Gasteiger partial charge in [-0.1, -0.05) is 18.2 Å². The van der Waals surface area contributed by atoms with Crippen molar-refractivity contribution in [3.8, 4) is 17.0 Å². The van der Waals surface area contributed by atoms with E-state index in [1.807, 2.05) is 56.2 Å². The minimum Gasteiger partial charge on any atom is -0.496 e. The first-order valence-electron chi connectivity index (χ1n) is 9.22. The summed E-state index contributed by atoms with van der Waals surface area (Å²) in [4.78, 5) is 10.8. The van der Waals surface area contributed by atoms with Crippen LogP contribution in [-0.4, -0.2) is 52.4 Å². The average Bonchev–Trinajstić information content (AvgIpc) is 3.17. The van der Waals surface area contributed by atoms with E-state index < -0.39 is 0 Å². The Labute approximate surface area is 165 Å². The molecule has 0 radical (unpaired) electrons. The smallest absolute Gasteiger partial charge is 0.222 e. The molecule has 1 unspecified atom stereocenters. The molecule has 0 bridgehead atoms. The molecule has 1 aromatic carbocycles. The van der Waals surface area contributed by atoms with E-state index in [-0.39, 0.29) is 12.0 Å². The van der Waals surface area contributed by atoms with Crippen LogP contribution in [0, 0.1) is 0 Å². The average molecular weight is 381 g/mol. The van der Waals surface area contributed by atoms with Crippen molar-refractivity contribution in [2.75, 3.05) is 38.8 Å². The lowest BCUT2D eigenvalue weighted by molar-refractivity contribution is 0.300. The molecule has 2 aromatic heterocycles. The molecule has 3 aromatic rings. The number of benzene rings is 1. The number of aromatic nitrogens is 4. The van der Waals surface area contributed by atoms with Crippen molar-refractivity contribution in [2.45, 2.75) is 19.5 Å². The van der Waals surface area contributed by atoms with Crippen LogP contribution in [0.1, 0.15) is 18.5 Å². The van der Waals surface area contributed by atoms with Crippen LogP contribution in [0.25, 0.3) is 11.3 Å². The van der Waals surface area contributed by atoms with Crippen LogP contribution < -0.4 is 15.8 Å². The summed E-state index contributed by atoms with van der Waals surface area (Å²) in [5.41, 5.74) is 8.70. The number of methoxy groups -OCH3 is 1. The molecule has 0 aliphatic rings. The summed E-state index contributed by atoms with van der Waals surface area (Å²) in [6.45, 7) is 3.48. The number of rotatable bonds is 8. The fourth-order valence-corrected chi connectivity index (χ4v) is 3.09. The Bertz CT molecular complexity index is 922. The van der Waals surface area contributed by atoms with E-state index in [1.165, 1.54) is 0 Å². The molecule has 0 saturated heterocycles. The number of hydrogen-bond acceptors (Lipinski definition) is 7. The number of para-hydroxylation sites is 1. The summed E-state index contributed by atoms with van der Waals surface area (Å²) in [5, 5.41) is 7.69. The number of nitrogens with zero attached hydrogens (tertiary/aromatic N) is 5. The molecule has 2 heterocycles. The van der Waals surface area contributed by atoms with E-state index in [0.29, 0.717) is 12.4 Å². The van der Waals surface area contributed by atoms with E-state index in [1.54, 1.807) is 13.3 Å². The molecule has 3 rings (SSSR count). The van der Waals surface area contributed by atoms with Crippen LogP contribution in [0.3, 0.4) is 0 Å². The Morgan fingerprint density at radius 3 is 2.71 bits per heavy atom. The molecule has 0 aliphatic carbocycles. The second kappa shape index (κ2) is 8.71. The zero-order valence-corrected chi connectivity index (χ0v) is 16.8. The molecule has 0 aliphatic heterocycles. The number of aryl methyl sites for hydroxylation is 1. The third-order valence-corrected chi connectivity index (χ3v) is 4.59. The number of nitrogen functional groups attached to an aromatic ring is 1. The lowest BCUT2D eigenvalue weighted by atomic mass is 10.0. The summed E-state index contributed by atoms with van der Waals surface area (Å²) >= 11 is 0. The van der Waals surface area contributed by atoms with Gasteiger partial charge >= 0.3 is 0 Å². The number of nitrogens with two attached hydrogens (primary N) is 1. The molecular weight excluding hydrogens is 354 g/mol. The second-order valence-corrected chi connectivity index (χ2v) is 6.68. The van der Waals surface area contributed by atoms with Gasteiger partial charge in [-0.15, -0.1) is 0 Å². The topological polar surface area (TPSA) is 94.1 Å². The normalized spacial score (nSPS) is 12.2. The number of anilines is 2. The van der Waals surface area contributed by atoms with E-state index in [9.17, 15) is 0 Å². The first-order valence-corrected chi connectivity index (χ1v) is 9.22. The van der Waals surface area contributed by atoms with Gasteiger partial charge in [-0.3, -0.25) is 4.68 Å². The van der Waals surface area contributed by atoms with Crippen LogP contribution in [0.2, 0.25) is 0 Å². The van der Waals surface area contributed by atoms with Gasteiger partial charge in [0.15, 0.2) is 0 Å². The van der Waals surface area contributed by atoms with E-state index >= 15 is 0 Å². The molecule has 0 fully saturated rings. The van der Waals surface area contributed by atoms with Crippen molar-refractivity contribution in [3.63, 3.8) is 0 Å². The molecule has 28 heavy (non-hydrogen) atoms. The van der Waals surface area contributed by atoms with E-state index in [0.717, 1.165) is 29.1 Å². The summed E-state index contributed by atoms with van der Waals surface area (Å²) < 4.78 is 7.38. The third-order valence-electron chi connectivity index (χ3n) is 4.59. The zero-order valence-electron chi connectivity index (χ0n) is 16.8. The van der Waals surface area contributed by atoms with Gasteiger partial charge in [-0.05, 0) is 27.1 Å². The van der Waals surface area contributed by atoms with Gasteiger partial charge in [0.05, 0.1) is 25.0 Å². The fourth-order valence-electron chi connectivity index (χ4n) is 3.09. The minimum absolute atomic E-state index is 0.0960. The maximum atomic E-state index is 5.94. The zero-order chi connectivity index (χ0) is 20.1. The molecular formula is C20H27N7O. The molecule has 8 nitrogen and oxygen atoms in total. The first-order chi connectivity index (χ1) is 13.5. The van der Waals surface area contributed by atoms with Crippen LogP contribution in [0.4, 0.5) is 11.8 Å². The Hall–Kier alpha value is -3.13. The quantitative estimate of drug-likeness (QED) is 0.619. The predicted octanol–water partition coefficient (Wildman–Crippen LogP) is 2.67. The highest BCUT2D eigenvalue weighted by molar-refractivity contribution is 5.62. The molecule has 8 heteroatoms. The van der Waals surface area contributed by atoms with Gasteiger partial charge in [0.2, 0.25) is 5.95 Å². The Kier molecular flexibility index (Phi) is 6.10. The van der Waals surface area contributed by atoms with Gasteiger partial charge in [0, 0.05) is 36.5 Å². The predicted molar refractivity (Wildman–Crippen MR) is 111 cm³/mol. The minimum atomic E-state index is 0.0960. The molecule has 148 valence electrons. The Morgan fingerprint density at radius 1 is 1.25 bits per heavy atom. The van der Waals surface area contributed by atoms with Crippen LogP contribution >= 0.6 is 0 Å². The molecule has 1 atom stereocenters. The highest BCUT2D eigenvalue weighted by Crippen LogP contribution is 2.28. The van der Waals surface area contributed by atoms with Crippen molar-refractivity contribution in [1.29, 1.82) is 0 Å². The van der Waals surface area contributed by atoms with E-state index in [2.05, 4.69) is 31.3 Å². The number of ether oxygens (including phenoxy) is 1. The van der Waals surface area contributed by atoms with Crippen LogP contribution in [-0.2, 0) is 6.54 Å². The maximum Gasteiger partial charge on any atom is 0.222 e. The third kappa shape index (κ3) is 4.40. The summed E-state index contributed by atoms with van der Waals surface area (Å²) in [6, 6.07) is 10.0. The standard InChI is InChI=1S/C20H27N7O/c1-5-27-13-14(11-23-27)16-10-19(25-20(21)24-16)22-12-17(26(2)3)15-8-6-7-9-18(15)28-4/h6-11,13,17H,5,12H2,1-4H3,(H3,21,22,24,25). The number of nitrogens with one attached hydrogen (secondary N) is 1. The van der Waals surface area contributed by atoms with E-state index in [4.69, 9.17) is 10.5 Å². The molecule has 0 spiro atoms. The van der Waals surface area contributed by atoms with Gasteiger partial charge in [-0.25, -0.2) is 4.98 Å². The van der Waals surface area contributed by atoms with Crippen molar-refractivity contribution in [2.24, 2.45) is 0 Å². The van der Waals surface area contributed by atoms with Crippen molar-refractivity contribution in [1.82, 2.24) is 24.6 Å². The van der Waals surface area contributed by atoms with Gasteiger partial charge < -0.3 is 20.7 Å². The lowest BCUT2D eigenvalue weighted by Gasteiger charge is -2.26. The Morgan fingerprint density at radius 2 is 2.04 bits per heavy atom. The van der Waals surface area contributed by atoms with Crippen molar-refractivity contribution < 1.29 is 4.74 Å². The second-order valence-electron chi connectivity index (χ2n) is 6.68. The van der Waals surface area contributed by atoms with Crippen LogP contribution in [0.15, 0.2) is 42.7 Å². The number of hydrogen-bond donors (Lipinski definition) is 2. The monoisotopic (exact) mass is 381 g/mol. The maximum absolute atomic E-state index is 5.94. The fraction of sp³-hybridized carbons (Fsp3) is 0.350. The van der Waals surface area contributed by atoms with Crippen molar-refractivity contribution >= 4 is 11.8 Å². The summed E-state index contributed by atoms with van der Waals surface area (Å²) in [5.74, 6) is 1.76. The van der Waals surface area contributed by atoms with Gasteiger partial charge in [-0.2, -0.15) is 10.1 Å². The number of likely N-dealkylation sites (N-methyl/N-ethyl adjacent to an activating group) is 1. The lowest BCUT2D eigenvalue weighted by Crippen LogP contribution is -2.27. The molecule has 0 amide bonds. The highest BCUT2D eigenvalue weighted by Gasteiger charge is 2.18. The van der Waals surface area contributed by atoms with Gasteiger partial charge in [0.1, 0.15) is 11.6 Å². The Balaban J connectivity index is 1.82. The summed E-state index contributed by atoms with van der Waals surface area (Å²) in [7, 11) is 5.77. The molecule has 0 saturated carbocycles. The highest BCUT2D eigenvalue weighted by atomic mass is 16.5.